The first kappa shape index (κ1) is 12.0. The number of nitrogen functional groups attached to an aromatic ring is 1. The van der Waals surface area contributed by atoms with Crippen molar-refractivity contribution < 1.29 is 14.3 Å². The molecule has 94 valence electrons. The van der Waals surface area contributed by atoms with Crippen molar-refractivity contribution in [3.8, 4) is 11.5 Å². The van der Waals surface area contributed by atoms with Gasteiger partial charge >= 0.3 is 0 Å². The molecule has 0 aliphatic carbocycles. The zero-order valence-electron chi connectivity index (χ0n) is 10.1. The molecular weight excluding hydrogens is 234 g/mol. The van der Waals surface area contributed by atoms with Crippen LogP contribution in [0.4, 0.5) is 5.82 Å². The van der Waals surface area contributed by atoms with E-state index in [0.717, 1.165) is 0 Å². The van der Waals surface area contributed by atoms with Crippen LogP contribution in [0.1, 0.15) is 10.4 Å². The fraction of sp³-hybridized carbons (Fsp3) is 0.167. The van der Waals surface area contributed by atoms with E-state index >= 15 is 0 Å². The van der Waals surface area contributed by atoms with Gasteiger partial charge in [-0.2, -0.15) is 0 Å². The van der Waals surface area contributed by atoms with Crippen LogP contribution in [-0.2, 0) is 0 Å². The second-order valence-corrected chi connectivity index (χ2v) is 3.69. The van der Waals surface area contributed by atoms with Gasteiger partial charge in [0.1, 0.15) is 5.82 Å². The Labute approximate surface area is 103 Å². The van der Waals surface area contributed by atoms with Gasteiger partial charge in [-0.15, -0.1) is 0 Å². The Morgan fingerprint density at radius 1 is 1.17 bits per heavy atom. The molecule has 2 aromatic rings. The number of fused-ring (bicyclic) bond motifs is 1. The van der Waals surface area contributed by atoms with Gasteiger partial charge in [-0.05, 0) is 12.1 Å². The van der Waals surface area contributed by atoms with Gasteiger partial charge < -0.3 is 20.9 Å². The summed E-state index contributed by atoms with van der Waals surface area (Å²) >= 11 is 0. The van der Waals surface area contributed by atoms with Crippen LogP contribution in [0.25, 0.3) is 10.9 Å². The lowest BCUT2D eigenvalue weighted by Gasteiger charge is -2.10. The number of carbonyl (C=O) groups is 1. The number of primary amides is 1. The topological polar surface area (TPSA) is 100 Å². The molecule has 0 atom stereocenters. The maximum Gasteiger partial charge on any atom is 0.252 e. The normalized spacial score (nSPS) is 10.3. The van der Waals surface area contributed by atoms with E-state index in [0.29, 0.717) is 22.4 Å². The van der Waals surface area contributed by atoms with Gasteiger partial charge in [0, 0.05) is 11.5 Å². The maximum atomic E-state index is 11.2. The van der Waals surface area contributed by atoms with Crippen molar-refractivity contribution in [3.05, 3.63) is 23.8 Å². The van der Waals surface area contributed by atoms with Gasteiger partial charge in [0.25, 0.3) is 5.91 Å². The summed E-state index contributed by atoms with van der Waals surface area (Å²) in [7, 11) is 3.06. The predicted molar refractivity (Wildman–Crippen MR) is 67.8 cm³/mol. The van der Waals surface area contributed by atoms with Crippen LogP contribution in [0.5, 0.6) is 11.5 Å². The van der Waals surface area contributed by atoms with E-state index in [1.807, 2.05) is 0 Å². The number of rotatable bonds is 3. The first-order valence-electron chi connectivity index (χ1n) is 5.19. The molecule has 4 N–H and O–H groups in total. The summed E-state index contributed by atoms with van der Waals surface area (Å²) < 4.78 is 10.3. The standard InChI is InChI=1S/C12H13N3O3/c1-17-9-4-6-3-7(12(14)16)11(13)15-8(6)5-10(9)18-2/h3-5H,1-2H3,(H2,13,15)(H2,14,16). The van der Waals surface area contributed by atoms with Gasteiger partial charge in [-0.1, -0.05) is 0 Å². The highest BCUT2D eigenvalue weighted by atomic mass is 16.5. The van der Waals surface area contributed by atoms with Crippen molar-refractivity contribution in [2.75, 3.05) is 20.0 Å². The fourth-order valence-corrected chi connectivity index (χ4v) is 1.71. The van der Waals surface area contributed by atoms with Crippen LogP contribution in [0, 0.1) is 0 Å². The number of hydrogen-bond donors (Lipinski definition) is 2. The van der Waals surface area contributed by atoms with Crippen LogP contribution in [0.2, 0.25) is 0 Å². The van der Waals surface area contributed by atoms with Gasteiger partial charge in [0.05, 0.1) is 25.3 Å². The first-order valence-corrected chi connectivity index (χ1v) is 5.19. The molecule has 0 fully saturated rings. The summed E-state index contributed by atoms with van der Waals surface area (Å²) in [4.78, 5) is 15.3. The van der Waals surface area contributed by atoms with Crippen LogP contribution in [-0.4, -0.2) is 25.1 Å². The van der Waals surface area contributed by atoms with Crippen LogP contribution >= 0.6 is 0 Å². The quantitative estimate of drug-likeness (QED) is 0.840. The number of amides is 1. The van der Waals surface area contributed by atoms with E-state index in [-0.39, 0.29) is 11.4 Å². The highest BCUT2D eigenvalue weighted by Gasteiger charge is 2.12. The zero-order chi connectivity index (χ0) is 13.3. The molecule has 0 unspecified atom stereocenters. The van der Waals surface area contributed by atoms with E-state index < -0.39 is 5.91 Å². The van der Waals surface area contributed by atoms with Crippen LogP contribution in [0.3, 0.4) is 0 Å². The Hall–Kier alpha value is -2.50. The van der Waals surface area contributed by atoms with Gasteiger partial charge in [0.2, 0.25) is 0 Å². The lowest BCUT2D eigenvalue weighted by molar-refractivity contribution is 0.100. The minimum Gasteiger partial charge on any atom is -0.493 e. The number of anilines is 1. The average molecular weight is 247 g/mol. The highest BCUT2D eigenvalue weighted by molar-refractivity contribution is 6.01. The minimum absolute atomic E-state index is 0.0993. The van der Waals surface area contributed by atoms with Gasteiger partial charge in [0.15, 0.2) is 11.5 Å². The SMILES string of the molecule is COc1cc2cc(C(N)=O)c(N)nc2cc1OC. The monoisotopic (exact) mass is 247 g/mol. The van der Waals surface area contributed by atoms with E-state index in [9.17, 15) is 4.79 Å². The summed E-state index contributed by atoms with van der Waals surface area (Å²) in [5.74, 6) is 0.578. The van der Waals surface area contributed by atoms with Gasteiger partial charge in [-0.3, -0.25) is 4.79 Å². The summed E-state index contributed by atoms with van der Waals surface area (Å²) in [6.07, 6.45) is 0. The molecule has 18 heavy (non-hydrogen) atoms. The molecule has 6 nitrogen and oxygen atoms in total. The number of hydrogen-bond acceptors (Lipinski definition) is 5. The predicted octanol–water partition coefficient (Wildman–Crippen LogP) is 0.933. The summed E-state index contributed by atoms with van der Waals surface area (Å²) in [5, 5.41) is 0.704. The fourth-order valence-electron chi connectivity index (χ4n) is 1.71. The average Bonchev–Trinajstić information content (AvgIpc) is 2.36. The minimum atomic E-state index is -0.614. The Morgan fingerprint density at radius 3 is 2.33 bits per heavy atom. The third kappa shape index (κ3) is 1.88. The molecular formula is C12H13N3O3. The molecule has 1 amide bonds. The smallest absolute Gasteiger partial charge is 0.252 e. The molecule has 6 heteroatoms. The van der Waals surface area contributed by atoms with Crippen molar-refractivity contribution in [3.63, 3.8) is 0 Å². The van der Waals surface area contributed by atoms with Crippen molar-refractivity contribution >= 4 is 22.6 Å². The van der Waals surface area contributed by atoms with Crippen molar-refractivity contribution in [1.82, 2.24) is 4.98 Å². The van der Waals surface area contributed by atoms with Crippen molar-refractivity contribution in [1.29, 1.82) is 0 Å². The molecule has 0 aliphatic rings. The second-order valence-electron chi connectivity index (χ2n) is 3.69. The van der Waals surface area contributed by atoms with Gasteiger partial charge in [-0.25, -0.2) is 4.98 Å². The number of ether oxygens (including phenoxy) is 2. The number of methoxy groups -OCH3 is 2. The van der Waals surface area contributed by atoms with E-state index in [1.165, 1.54) is 14.2 Å². The summed E-state index contributed by atoms with van der Waals surface area (Å²) in [6, 6.07) is 4.99. The molecule has 1 heterocycles. The Kier molecular flexibility index (Phi) is 2.93. The zero-order valence-corrected chi connectivity index (χ0v) is 10.1. The number of pyridine rings is 1. The Balaban J connectivity index is 2.73. The molecule has 0 radical (unpaired) electrons. The van der Waals surface area contributed by atoms with E-state index in [2.05, 4.69) is 4.98 Å². The molecule has 0 spiro atoms. The molecule has 0 bridgehead atoms. The molecule has 1 aromatic heterocycles. The number of nitrogens with two attached hydrogens (primary N) is 2. The first-order chi connectivity index (χ1) is 8.56. The number of nitrogens with zero attached hydrogens (tertiary/aromatic N) is 1. The van der Waals surface area contributed by atoms with E-state index in [4.69, 9.17) is 20.9 Å². The molecule has 0 saturated carbocycles. The van der Waals surface area contributed by atoms with Crippen molar-refractivity contribution in [2.45, 2.75) is 0 Å². The second kappa shape index (κ2) is 4.40. The summed E-state index contributed by atoms with van der Waals surface area (Å²) in [6.45, 7) is 0. The molecule has 0 saturated heterocycles. The third-order valence-corrected chi connectivity index (χ3v) is 2.62. The van der Waals surface area contributed by atoms with Crippen LogP contribution < -0.4 is 20.9 Å². The van der Waals surface area contributed by atoms with Crippen molar-refractivity contribution in [2.24, 2.45) is 5.73 Å². The van der Waals surface area contributed by atoms with E-state index in [1.54, 1.807) is 18.2 Å². The molecule has 0 aliphatic heterocycles. The third-order valence-electron chi connectivity index (χ3n) is 2.62. The molecule has 2 rings (SSSR count). The van der Waals surface area contributed by atoms with Crippen LogP contribution in [0.15, 0.2) is 18.2 Å². The lowest BCUT2D eigenvalue weighted by Crippen LogP contribution is -2.14. The number of benzene rings is 1. The maximum absolute atomic E-state index is 11.2. The molecule has 1 aromatic carbocycles. The lowest BCUT2D eigenvalue weighted by atomic mass is 10.1. The largest absolute Gasteiger partial charge is 0.493 e. The summed E-state index contributed by atoms with van der Waals surface area (Å²) in [5.41, 5.74) is 11.7. The Morgan fingerprint density at radius 2 is 1.78 bits per heavy atom. The number of aromatic nitrogens is 1. The Bertz CT molecular complexity index is 625. The highest BCUT2D eigenvalue weighted by Crippen LogP contribution is 2.32. The number of carbonyl (C=O) groups excluding carboxylic acids is 1.